The number of rotatable bonds is 7. The molecule has 0 aliphatic rings. The Labute approximate surface area is 132 Å². The number of amides is 1. The van der Waals surface area contributed by atoms with Gasteiger partial charge in [-0.3, -0.25) is 4.79 Å². The van der Waals surface area contributed by atoms with Gasteiger partial charge in [-0.1, -0.05) is 56.3 Å². The van der Waals surface area contributed by atoms with Crippen LogP contribution in [0.1, 0.15) is 19.4 Å². The van der Waals surface area contributed by atoms with E-state index < -0.39 is 0 Å². The fraction of sp³-hybridized carbons (Fsp3) is 0.421. The molecule has 1 amide bonds. The molecule has 0 aromatic heterocycles. The molecular formula is C19H25NO2. The Bertz CT molecular complexity index is 616. The van der Waals surface area contributed by atoms with Crippen molar-refractivity contribution in [2.45, 2.75) is 20.3 Å². The zero-order valence-electron chi connectivity index (χ0n) is 13.7. The van der Waals surface area contributed by atoms with Gasteiger partial charge in [0.15, 0.2) is 0 Å². The summed E-state index contributed by atoms with van der Waals surface area (Å²) in [7, 11) is 1.67. The summed E-state index contributed by atoms with van der Waals surface area (Å²) in [6.45, 7) is 6.26. The molecule has 22 heavy (non-hydrogen) atoms. The second-order valence-electron chi connectivity index (χ2n) is 6.04. The lowest BCUT2D eigenvalue weighted by atomic mass is 10.0. The summed E-state index contributed by atoms with van der Waals surface area (Å²) in [5, 5.41) is 2.34. The average Bonchev–Trinajstić information content (AvgIpc) is 2.51. The molecule has 0 unspecified atom stereocenters. The highest BCUT2D eigenvalue weighted by Crippen LogP contribution is 2.19. The minimum absolute atomic E-state index is 0.169. The van der Waals surface area contributed by atoms with Crippen LogP contribution < -0.4 is 0 Å². The van der Waals surface area contributed by atoms with Crippen molar-refractivity contribution in [3.63, 3.8) is 0 Å². The molecule has 0 bridgehead atoms. The molecule has 118 valence electrons. The van der Waals surface area contributed by atoms with E-state index in [1.807, 2.05) is 29.2 Å². The van der Waals surface area contributed by atoms with Crippen molar-refractivity contribution in [1.82, 2.24) is 4.90 Å². The second kappa shape index (κ2) is 7.95. The fourth-order valence-corrected chi connectivity index (χ4v) is 2.68. The van der Waals surface area contributed by atoms with E-state index in [4.69, 9.17) is 4.74 Å². The SMILES string of the molecule is COCCN(CC(C)C)C(=O)Cc1cccc2ccccc12. The molecule has 0 saturated carbocycles. The lowest BCUT2D eigenvalue weighted by molar-refractivity contribution is -0.131. The van der Waals surface area contributed by atoms with E-state index in [0.29, 0.717) is 25.5 Å². The van der Waals surface area contributed by atoms with Crippen molar-refractivity contribution in [3.8, 4) is 0 Å². The summed E-state index contributed by atoms with van der Waals surface area (Å²) >= 11 is 0. The molecule has 2 rings (SSSR count). The van der Waals surface area contributed by atoms with Gasteiger partial charge < -0.3 is 9.64 Å². The van der Waals surface area contributed by atoms with Crippen LogP contribution in [0.4, 0.5) is 0 Å². The van der Waals surface area contributed by atoms with Crippen LogP contribution in [0.25, 0.3) is 10.8 Å². The smallest absolute Gasteiger partial charge is 0.227 e. The average molecular weight is 299 g/mol. The van der Waals surface area contributed by atoms with E-state index in [2.05, 4.69) is 32.0 Å². The van der Waals surface area contributed by atoms with Gasteiger partial charge in [0, 0.05) is 20.2 Å². The number of nitrogens with zero attached hydrogens (tertiary/aromatic N) is 1. The summed E-state index contributed by atoms with van der Waals surface area (Å²) < 4.78 is 5.13. The molecule has 3 nitrogen and oxygen atoms in total. The van der Waals surface area contributed by atoms with Gasteiger partial charge >= 0.3 is 0 Å². The first-order valence-corrected chi connectivity index (χ1v) is 7.85. The molecule has 0 N–H and O–H groups in total. The maximum Gasteiger partial charge on any atom is 0.227 e. The van der Waals surface area contributed by atoms with Crippen LogP contribution in [0.3, 0.4) is 0 Å². The zero-order valence-corrected chi connectivity index (χ0v) is 13.7. The molecule has 0 radical (unpaired) electrons. The van der Waals surface area contributed by atoms with Gasteiger partial charge in [-0.2, -0.15) is 0 Å². The molecule has 3 heteroatoms. The van der Waals surface area contributed by atoms with Gasteiger partial charge in [0.2, 0.25) is 5.91 Å². The van der Waals surface area contributed by atoms with Crippen LogP contribution in [-0.2, 0) is 16.0 Å². The Balaban J connectivity index is 2.16. The molecule has 2 aromatic rings. The second-order valence-corrected chi connectivity index (χ2v) is 6.04. The van der Waals surface area contributed by atoms with Crippen molar-refractivity contribution in [3.05, 3.63) is 48.0 Å². The Morgan fingerprint density at radius 3 is 2.59 bits per heavy atom. The summed E-state index contributed by atoms with van der Waals surface area (Å²) in [6.07, 6.45) is 0.442. The maximum absolute atomic E-state index is 12.7. The van der Waals surface area contributed by atoms with Crippen LogP contribution >= 0.6 is 0 Å². The summed E-state index contributed by atoms with van der Waals surface area (Å²) in [4.78, 5) is 14.6. The number of methoxy groups -OCH3 is 1. The van der Waals surface area contributed by atoms with Crippen molar-refractivity contribution in [1.29, 1.82) is 0 Å². The van der Waals surface area contributed by atoms with Gasteiger partial charge in [0.25, 0.3) is 0 Å². The predicted octanol–water partition coefficient (Wildman–Crippen LogP) is 3.51. The lowest BCUT2D eigenvalue weighted by Crippen LogP contribution is -2.37. The van der Waals surface area contributed by atoms with Crippen LogP contribution in [-0.4, -0.2) is 37.6 Å². The maximum atomic E-state index is 12.7. The van der Waals surface area contributed by atoms with Gasteiger partial charge in [0.1, 0.15) is 0 Å². The van der Waals surface area contributed by atoms with Crippen molar-refractivity contribution >= 4 is 16.7 Å². The van der Waals surface area contributed by atoms with Crippen LogP contribution in [0, 0.1) is 5.92 Å². The van der Waals surface area contributed by atoms with E-state index in [1.54, 1.807) is 7.11 Å². The minimum atomic E-state index is 0.169. The van der Waals surface area contributed by atoms with E-state index >= 15 is 0 Å². The molecule has 0 saturated heterocycles. The Morgan fingerprint density at radius 1 is 1.14 bits per heavy atom. The van der Waals surface area contributed by atoms with Crippen molar-refractivity contribution in [2.24, 2.45) is 5.92 Å². The Morgan fingerprint density at radius 2 is 1.86 bits per heavy atom. The molecular weight excluding hydrogens is 274 g/mol. The molecule has 2 aromatic carbocycles. The standard InChI is InChI=1S/C19H25NO2/c1-15(2)14-20(11-12-22-3)19(21)13-17-9-6-8-16-7-4-5-10-18(16)17/h4-10,15H,11-14H2,1-3H3. The quantitative estimate of drug-likeness (QED) is 0.783. The third kappa shape index (κ3) is 4.31. The number of carbonyl (C=O) groups is 1. The molecule has 0 spiro atoms. The largest absolute Gasteiger partial charge is 0.383 e. The first kappa shape index (κ1) is 16.5. The number of hydrogen-bond acceptors (Lipinski definition) is 2. The Kier molecular flexibility index (Phi) is 5.96. The highest BCUT2D eigenvalue weighted by molar-refractivity contribution is 5.90. The summed E-state index contributed by atoms with van der Waals surface area (Å²) in [5.74, 6) is 0.621. The normalized spacial score (nSPS) is 11.1. The van der Waals surface area contributed by atoms with Crippen molar-refractivity contribution in [2.75, 3.05) is 26.8 Å². The lowest BCUT2D eigenvalue weighted by Gasteiger charge is -2.24. The van der Waals surface area contributed by atoms with E-state index in [0.717, 1.165) is 17.5 Å². The van der Waals surface area contributed by atoms with E-state index in [9.17, 15) is 4.79 Å². The molecule has 0 fully saturated rings. The third-order valence-electron chi connectivity index (χ3n) is 3.73. The number of carbonyl (C=O) groups excluding carboxylic acids is 1. The van der Waals surface area contributed by atoms with Crippen LogP contribution in [0.15, 0.2) is 42.5 Å². The Hall–Kier alpha value is -1.87. The van der Waals surface area contributed by atoms with Gasteiger partial charge in [-0.15, -0.1) is 0 Å². The van der Waals surface area contributed by atoms with E-state index in [1.165, 1.54) is 5.39 Å². The number of hydrogen-bond donors (Lipinski definition) is 0. The van der Waals surface area contributed by atoms with E-state index in [-0.39, 0.29) is 5.91 Å². The first-order chi connectivity index (χ1) is 10.6. The number of benzene rings is 2. The monoisotopic (exact) mass is 299 g/mol. The van der Waals surface area contributed by atoms with Gasteiger partial charge in [-0.05, 0) is 22.3 Å². The zero-order chi connectivity index (χ0) is 15.9. The summed E-state index contributed by atoms with van der Waals surface area (Å²) in [5.41, 5.74) is 1.09. The third-order valence-corrected chi connectivity index (χ3v) is 3.73. The highest BCUT2D eigenvalue weighted by atomic mass is 16.5. The number of fused-ring (bicyclic) bond motifs is 1. The molecule has 0 aliphatic heterocycles. The minimum Gasteiger partial charge on any atom is -0.383 e. The molecule has 0 heterocycles. The molecule has 0 atom stereocenters. The first-order valence-electron chi connectivity index (χ1n) is 7.85. The fourth-order valence-electron chi connectivity index (χ4n) is 2.68. The predicted molar refractivity (Wildman–Crippen MR) is 90.9 cm³/mol. The van der Waals surface area contributed by atoms with Crippen molar-refractivity contribution < 1.29 is 9.53 Å². The highest BCUT2D eigenvalue weighted by Gasteiger charge is 2.16. The van der Waals surface area contributed by atoms with Gasteiger partial charge in [-0.25, -0.2) is 0 Å². The van der Waals surface area contributed by atoms with Gasteiger partial charge in [0.05, 0.1) is 13.0 Å². The van der Waals surface area contributed by atoms with Crippen LogP contribution in [0.2, 0.25) is 0 Å². The van der Waals surface area contributed by atoms with Crippen LogP contribution in [0.5, 0.6) is 0 Å². The number of ether oxygens (including phenoxy) is 1. The topological polar surface area (TPSA) is 29.5 Å². The molecule has 0 aliphatic carbocycles. The summed E-state index contributed by atoms with van der Waals surface area (Å²) in [6, 6.07) is 14.4.